The van der Waals surface area contributed by atoms with Crippen molar-refractivity contribution in [3.63, 3.8) is 0 Å². The highest BCUT2D eigenvalue weighted by molar-refractivity contribution is 7.85. The summed E-state index contributed by atoms with van der Waals surface area (Å²) in [5, 5.41) is 10.4. The van der Waals surface area contributed by atoms with E-state index in [4.69, 9.17) is 0 Å². The van der Waals surface area contributed by atoms with Crippen molar-refractivity contribution in [2.24, 2.45) is 35.5 Å². The van der Waals surface area contributed by atoms with Gasteiger partial charge in [-0.05, 0) is 38.5 Å². The van der Waals surface area contributed by atoms with E-state index in [1.165, 1.54) is 35.5 Å². The van der Waals surface area contributed by atoms with E-state index < -0.39 is 26.2 Å². The summed E-state index contributed by atoms with van der Waals surface area (Å²) < 4.78 is 64.1. The predicted molar refractivity (Wildman–Crippen MR) is 205 cm³/mol. The Morgan fingerprint density at radius 3 is 1.31 bits per heavy atom. The number of carbonyl (C=O) groups is 2. The molecule has 0 amide bonds. The Morgan fingerprint density at radius 2 is 1.00 bits per heavy atom. The molecule has 308 valence electrons. The lowest BCUT2D eigenvalue weighted by molar-refractivity contribution is -0.911. The smallest absolute Gasteiger partial charge is 0.174 e. The van der Waals surface area contributed by atoms with Crippen molar-refractivity contribution in [3.8, 4) is 0 Å². The van der Waals surface area contributed by atoms with Crippen molar-refractivity contribution in [2.45, 2.75) is 92.9 Å². The topological polar surface area (TPSA) is 180 Å². The molecule has 0 radical (unpaired) electrons. The minimum absolute atomic E-state index is 0.188. The van der Waals surface area contributed by atoms with Gasteiger partial charge in [-0.1, -0.05) is 41.5 Å². The van der Waals surface area contributed by atoms with E-state index >= 15 is 0 Å². The first-order valence-corrected chi connectivity index (χ1v) is 22.7. The molecule has 0 bridgehead atoms. The van der Waals surface area contributed by atoms with Crippen LogP contribution >= 0.6 is 0 Å². The number of nitrogens with one attached hydrogen (secondary N) is 2. The van der Waals surface area contributed by atoms with Gasteiger partial charge in [-0.15, -0.1) is 26.3 Å². The van der Waals surface area contributed by atoms with Crippen LogP contribution in [0.25, 0.3) is 0 Å². The molecule has 3 fully saturated rings. The van der Waals surface area contributed by atoms with Crippen molar-refractivity contribution in [1.82, 2.24) is 0 Å². The highest BCUT2D eigenvalue weighted by Crippen LogP contribution is 2.34. The second-order valence-electron chi connectivity index (χ2n) is 14.6. The number of carboxylic acids is 1. The SMILES string of the molecule is C=C.C=C.CCC1C[N+](CC=O)(CCCS(=O)(=O)[O-])CC1CC.CCC1C[NH+](CC(=O)[O-])CC1CC.CCC1C[NH+](CCCS(=O)(=O)[O-])CC1CC. The Balaban J connectivity index is 0. The van der Waals surface area contributed by atoms with E-state index in [1.54, 1.807) is 0 Å². The first kappa shape index (κ1) is 52.4. The zero-order valence-electron chi connectivity index (χ0n) is 33.4. The number of aldehydes is 1. The van der Waals surface area contributed by atoms with Crippen LogP contribution in [0.2, 0.25) is 0 Å². The molecule has 2 N–H and O–H groups in total. The van der Waals surface area contributed by atoms with Crippen LogP contribution in [-0.2, 0) is 29.8 Å². The van der Waals surface area contributed by atoms with Gasteiger partial charge in [0, 0.05) is 59.9 Å². The Morgan fingerprint density at radius 1 is 0.654 bits per heavy atom. The minimum atomic E-state index is -4.14. The molecule has 6 atom stereocenters. The average Bonchev–Trinajstić information content (AvgIpc) is 3.80. The number of aliphatic carboxylic acids is 1. The molecular formula is C38H75N3O9S2. The fraction of sp³-hybridized carbons (Fsp3) is 0.842. The summed E-state index contributed by atoms with van der Waals surface area (Å²) in [5.74, 6) is 2.78. The fourth-order valence-corrected chi connectivity index (χ4v) is 9.71. The summed E-state index contributed by atoms with van der Waals surface area (Å²) >= 11 is 0. The van der Waals surface area contributed by atoms with Gasteiger partial charge in [0.05, 0.1) is 78.6 Å². The molecule has 3 aliphatic heterocycles. The van der Waals surface area contributed by atoms with Crippen LogP contribution in [0.5, 0.6) is 0 Å². The zero-order chi connectivity index (χ0) is 40.5. The molecule has 3 heterocycles. The standard InChI is InChI=1S/C13H25NO4S.C11H23NO3S.C10H19NO2.2C2H4/c1-3-12-10-14(7-8-15,11-13(12)4-2)6-5-9-19(16,17)18;1-3-10-8-12(9-11(10)4-2)6-5-7-16(13,14)15;1-3-8-5-11(7-10(12)13)6-9(8)4-2;2*1-2/h8,12-13H,3-7,9-11H2,1-2H3;10-11H,3-9H2,1-2H3,(H,13,14,15);8-9H,3-7H2,1-2H3,(H,12,13);2*1-2H2. The number of carboxylic acid groups (broad SMARTS) is 1. The molecular weight excluding hydrogens is 707 g/mol. The summed E-state index contributed by atoms with van der Waals surface area (Å²) in [7, 11) is -8.16. The predicted octanol–water partition coefficient (Wildman–Crippen LogP) is 1.17. The molecule has 12 nitrogen and oxygen atoms in total. The van der Waals surface area contributed by atoms with Crippen molar-refractivity contribution in [1.29, 1.82) is 0 Å². The molecule has 0 aromatic carbocycles. The van der Waals surface area contributed by atoms with Gasteiger partial charge in [0.1, 0.15) is 13.1 Å². The quantitative estimate of drug-likeness (QED) is 0.0894. The van der Waals surface area contributed by atoms with Gasteiger partial charge in [0.2, 0.25) is 0 Å². The van der Waals surface area contributed by atoms with Crippen LogP contribution < -0.4 is 14.9 Å². The third kappa shape index (κ3) is 21.3. The van der Waals surface area contributed by atoms with E-state index in [0.717, 1.165) is 88.6 Å². The van der Waals surface area contributed by atoms with Crippen molar-refractivity contribution < 1.29 is 54.9 Å². The molecule has 6 unspecified atom stereocenters. The summed E-state index contributed by atoms with van der Waals surface area (Å²) in [6.07, 6.45) is 8.75. The van der Waals surface area contributed by atoms with E-state index in [2.05, 4.69) is 67.9 Å². The Labute approximate surface area is 318 Å². The van der Waals surface area contributed by atoms with Crippen LogP contribution in [-0.4, -0.2) is 120 Å². The number of carbonyl (C=O) groups excluding carboxylic acids is 2. The molecule has 3 rings (SSSR count). The Bertz CT molecular complexity index is 1150. The maximum absolute atomic E-state index is 10.9. The molecule has 14 heteroatoms. The summed E-state index contributed by atoms with van der Waals surface area (Å²) in [5.41, 5.74) is 0. The molecule has 0 spiro atoms. The molecule has 0 aromatic heterocycles. The normalized spacial score (nSPS) is 29.5. The van der Waals surface area contributed by atoms with Crippen molar-refractivity contribution >= 4 is 32.5 Å². The van der Waals surface area contributed by atoms with Gasteiger partial charge in [-0.3, -0.25) is 4.79 Å². The lowest BCUT2D eigenvalue weighted by atomic mass is 9.92. The Hall–Kier alpha value is -1.68. The lowest BCUT2D eigenvalue weighted by Gasteiger charge is -2.33. The number of rotatable bonds is 18. The first-order valence-electron chi connectivity index (χ1n) is 19.5. The maximum atomic E-state index is 10.9. The third-order valence-corrected chi connectivity index (χ3v) is 13.0. The van der Waals surface area contributed by atoms with Gasteiger partial charge in [-0.2, -0.15) is 0 Å². The number of hydrogen-bond donors (Lipinski definition) is 2. The number of hydrogen-bond acceptors (Lipinski definition) is 9. The minimum Gasteiger partial charge on any atom is -0.748 e. The van der Waals surface area contributed by atoms with Crippen molar-refractivity contribution in [3.05, 3.63) is 26.3 Å². The molecule has 0 aromatic rings. The van der Waals surface area contributed by atoms with E-state index in [-0.39, 0.29) is 18.1 Å². The van der Waals surface area contributed by atoms with Crippen LogP contribution in [0.4, 0.5) is 0 Å². The lowest BCUT2D eigenvalue weighted by Crippen LogP contribution is -3.11. The summed E-state index contributed by atoms with van der Waals surface area (Å²) in [4.78, 5) is 24.0. The Kier molecular flexibility index (Phi) is 28.1. The third-order valence-electron chi connectivity index (χ3n) is 11.4. The number of nitrogens with zero attached hydrogens (tertiary/aromatic N) is 1. The average molecular weight is 782 g/mol. The number of likely N-dealkylation sites (tertiary alicyclic amines) is 3. The first-order chi connectivity index (χ1) is 24.5. The largest absolute Gasteiger partial charge is 0.748 e. The van der Waals surface area contributed by atoms with E-state index in [0.29, 0.717) is 42.2 Å². The number of quaternary nitrogens is 3. The molecule has 3 saturated heterocycles. The van der Waals surface area contributed by atoms with Gasteiger partial charge in [0.15, 0.2) is 6.29 Å². The monoisotopic (exact) mass is 781 g/mol. The molecule has 0 saturated carbocycles. The molecule has 0 aliphatic carbocycles. The summed E-state index contributed by atoms with van der Waals surface area (Å²) in [6.45, 7) is 33.4. The van der Waals surface area contributed by atoms with Crippen LogP contribution in [0.1, 0.15) is 92.9 Å². The molecule has 52 heavy (non-hydrogen) atoms. The fourth-order valence-electron chi connectivity index (χ4n) is 8.73. The van der Waals surface area contributed by atoms with Gasteiger partial charge in [0.25, 0.3) is 0 Å². The maximum Gasteiger partial charge on any atom is 0.174 e. The van der Waals surface area contributed by atoms with E-state index in [1.807, 2.05) is 0 Å². The highest BCUT2D eigenvalue weighted by atomic mass is 32.2. The van der Waals surface area contributed by atoms with Crippen LogP contribution in [0.15, 0.2) is 26.3 Å². The van der Waals surface area contributed by atoms with Gasteiger partial charge < -0.3 is 33.3 Å². The summed E-state index contributed by atoms with van der Waals surface area (Å²) in [6, 6.07) is 0. The van der Waals surface area contributed by atoms with Crippen molar-refractivity contribution in [2.75, 3.05) is 77.0 Å². The highest BCUT2D eigenvalue weighted by Gasteiger charge is 2.43. The van der Waals surface area contributed by atoms with Gasteiger partial charge in [-0.25, -0.2) is 16.8 Å². The van der Waals surface area contributed by atoms with Crippen LogP contribution in [0, 0.1) is 35.5 Å². The molecule has 3 aliphatic rings. The van der Waals surface area contributed by atoms with Crippen LogP contribution in [0.3, 0.4) is 0 Å². The zero-order valence-corrected chi connectivity index (χ0v) is 35.1. The van der Waals surface area contributed by atoms with Gasteiger partial charge >= 0.3 is 0 Å². The van der Waals surface area contributed by atoms with E-state index in [9.17, 15) is 40.6 Å². The second-order valence-corrected chi connectivity index (χ2v) is 17.7. The second kappa shape index (κ2) is 27.8.